The molecule has 2 rings (SSSR count). The molecular weight excluding hydrogens is 262 g/mol. The van der Waals surface area contributed by atoms with Gasteiger partial charge in [-0.15, -0.1) is 0 Å². The monoisotopic (exact) mass is 279 g/mol. The summed E-state index contributed by atoms with van der Waals surface area (Å²) < 4.78 is 0. The predicted octanol–water partition coefficient (Wildman–Crippen LogP) is 2.62. The number of nitrogens with zero attached hydrogens (tertiary/aromatic N) is 1. The third kappa shape index (κ3) is 3.50. The number of aryl methyl sites for hydroxylation is 1. The van der Waals surface area contributed by atoms with Gasteiger partial charge >= 0.3 is 0 Å². The Morgan fingerprint density at radius 1 is 1.19 bits per heavy atom. The molecule has 1 amide bonds. The minimum Gasteiger partial charge on any atom is -0.384 e. The van der Waals surface area contributed by atoms with E-state index < -0.39 is 0 Å². The molecule has 0 saturated heterocycles. The molecule has 2 aromatic carbocycles. The molecule has 0 atom stereocenters. The lowest BCUT2D eigenvalue weighted by molar-refractivity contribution is 0.0993. The number of para-hydroxylation sites is 1. The molecule has 0 fully saturated rings. The summed E-state index contributed by atoms with van der Waals surface area (Å²) in [7, 11) is 1.75. The second-order valence-corrected chi connectivity index (χ2v) is 4.69. The average molecular weight is 279 g/mol. The molecule has 0 bridgehead atoms. The maximum Gasteiger partial charge on any atom is 0.258 e. The van der Waals surface area contributed by atoms with Gasteiger partial charge in [0.15, 0.2) is 0 Å². The zero-order valence-corrected chi connectivity index (χ0v) is 12.1. The lowest BCUT2D eigenvalue weighted by atomic mass is 10.0. The molecule has 0 aliphatic carbocycles. The van der Waals surface area contributed by atoms with Gasteiger partial charge in [0.05, 0.1) is 0 Å². The largest absolute Gasteiger partial charge is 0.384 e. The Labute approximate surface area is 124 Å². The van der Waals surface area contributed by atoms with Crippen molar-refractivity contribution in [1.82, 2.24) is 0 Å². The van der Waals surface area contributed by atoms with Crippen molar-refractivity contribution in [3.8, 4) is 11.8 Å². The number of amides is 1. The first kappa shape index (κ1) is 14.8. The van der Waals surface area contributed by atoms with Crippen LogP contribution in [0.1, 0.15) is 21.5 Å². The van der Waals surface area contributed by atoms with E-state index in [-0.39, 0.29) is 12.5 Å². The first-order valence-electron chi connectivity index (χ1n) is 6.67. The molecule has 3 heteroatoms. The third-order valence-corrected chi connectivity index (χ3v) is 3.23. The van der Waals surface area contributed by atoms with Crippen LogP contribution >= 0.6 is 0 Å². The molecular formula is C18H17NO2. The van der Waals surface area contributed by atoms with E-state index in [0.717, 1.165) is 16.8 Å². The third-order valence-electron chi connectivity index (χ3n) is 3.23. The molecule has 0 radical (unpaired) electrons. The van der Waals surface area contributed by atoms with Crippen molar-refractivity contribution in [2.24, 2.45) is 0 Å². The highest BCUT2D eigenvalue weighted by Crippen LogP contribution is 2.17. The smallest absolute Gasteiger partial charge is 0.258 e. The van der Waals surface area contributed by atoms with Gasteiger partial charge in [0.2, 0.25) is 0 Å². The van der Waals surface area contributed by atoms with Crippen LogP contribution in [-0.2, 0) is 0 Å². The van der Waals surface area contributed by atoms with Crippen molar-refractivity contribution in [3.05, 3.63) is 65.2 Å². The maximum atomic E-state index is 12.5. The number of hydrogen-bond acceptors (Lipinski definition) is 2. The van der Waals surface area contributed by atoms with Gasteiger partial charge in [0, 0.05) is 23.9 Å². The Hall–Kier alpha value is -2.57. The van der Waals surface area contributed by atoms with Gasteiger partial charge in [-0.25, -0.2) is 0 Å². The van der Waals surface area contributed by atoms with E-state index in [1.807, 2.05) is 43.3 Å². The topological polar surface area (TPSA) is 40.5 Å². The molecule has 3 nitrogen and oxygen atoms in total. The lowest BCUT2D eigenvalue weighted by Crippen LogP contribution is -2.26. The molecule has 106 valence electrons. The summed E-state index contributed by atoms with van der Waals surface area (Å²) in [5.41, 5.74) is 3.16. The van der Waals surface area contributed by atoms with Crippen LogP contribution in [0.25, 0.3) is 0 Å². The fourth-order valence-electron chi connectivity index (χ4n) is 1.99. The molecule has 0 aromatic heterocycles. The van der Waals surface area contributed by atoms with E-state index in [2.05, 4.69) is 11.8 Å². The second kappa shape index (κ2) is 6.74. The minimum absolute atomic E-state index is 0.0896. The summed E-state index contributed by atoms with van der Waals surface area (Å²) in [5.74, 6) is 5.39. The molecule has 0 aliphatic rings. The molecule has 1 N–H and O–H groups in total. The van der Waals surface area contributed by atoms with Crippen LogP contribution < -0.4 is 4.90 Å². The van der Waals surface area contributed by atoms with Gasteiger partial charge < -0.3 is 10.0 Å². The van der Waals surface area contributed by atoms with Crippen LogP contribution in [-0.4, -0.2) is 24.7 Å². The van der Waals surface area contributed by atoms with Crippen LogP contribution in [0.2, 0.25) is 0 Å². The summed E-state index contributed by atoms with van der Waals surface area (Å²) in [5, 5.41) is 8.79. The van der Waals surface area contributed by atoms with Crippen LogP contribution in [0.3, 0.4) is 0 Å². The van der Waals surface area contributed by atoms with Crippen molar-refractivity contribution in [1.29, 1.82) is 0 Å². The molecule has 0 aliphatic heterocycles. The average Bonchev–Trinajstić information content (AvgIpc) is 2.53. The number of carbonyl (C=O) groups is 1. The van der Waals surface area contributed by atoms with Crippen molar-refractivity contribution in [2.45, 2.75) is 6.92 Å². The summed E-state index contributed by atoms with van der Waals surface area (Å²) in [6, 6.07) is 14.9. The number of anilines is 1. The highest BCUT2D eigenvalue weighted by molar-refractivity contribution is 6.05. The molecule has 21 heavy (non-hydrogen) atoms. The SMILES string of the molecule is Cc1ccc(C(=O)N(C)c2ccccc2)cc1C#CCO. The summed E-state index contributed by atoms with van der Waals surface area (Å²) in [6.45, 7) is 1.73. The van der Waals surface area contributed by atoms with E-state index >= 15 is 0 Å². The molecule has 2 aromatic rings. The standard InChI is InChI=1S/C18H17NO2/c1-14-10-11-16(13-15(14)7-6-12-20)18(21)19(2)17-8-4-3-5-9-17/h3-5,8-11,13,20H,12H2,1-2H3. The molecule has 0 spiro atoms. The van der Waals surface area contributed by atoms with Crippen LogP contribution in [0.4, 0.5) is 5.69 Å². The highest BCUT2D eigenvalue weighted by atomic mass is 16.2. The van der Waals surface area contributed by atoms with E-state index in [1.165, 1.54) is 0 Å². The normalized spacial score (nSPS) is 9.67. The Morgan fingerprint density at radius 2 is 1.90 bits per heavy atom. The van der Waals surface area contributed by atoms with Crippen molar-refractivity contribution in [3.63, 3.8) is 0 Å². The van der Waals surface area contributed by atoms with Crippen LogP contribution in [0.15, 0.2) is 48.5 Å². The van der Waals surface area contributed by atoms with Gasteiger partial charge in [-0.05, 0) is 36.8 Å². The summed E-state index contributed by atoms with van der Waals surface area (Å²) >= 11 is 0. The first-order valence-corrected chi connectivity index (χ1v) is 6.67. The fourth-order valence-corrected chi connectivity index (χ4v) is 1.99. The number of rotatable bonds is 2. The minimum atomic E-state index is -0.193. The second-order valence-electron chi connectivity index (χ2n) is 4.69. The predicted molar refractivity (Wildman–Crippen MR) is 84.3 cm³/mol. The number of aliphatic hydroxyl groups excluding tert-OH is 1. The summed E-state index contributed by atoms with van der Waals surface area (Å²) in [6.07, 6.45) is 0. The quantitative estimate of drug-likeness (QED) is 0.858. The number of aliphatic hydroxyl groups is 1. The Balaban J connectivity index is 2.31. The van der Waals surface area contributed by atoms with Crippen molar-refractivity contribution < 1.29 is 9.90 Å². The Kier molecular flexibility index (Phi) is 4.76. The zero-order valence-electron chi connectivity index (χ0n) is 12.1. The highest BCUT2D eigenvalue weighted by Gasteiger charge is 2.13. The van der Waals surface area contributed by atoms with Crippen molar-refractivity contribution in [2.75, 3.05) is 18.6 Å². The fraction of sp³-hybridized carbons (Fsp3) is 0.167. The van der Waals surface area contributed by atoms with E-state index in [4.69, 9.17) is 5.11 Å². The van der Waals surface area contributed by atoms with Crippen LogP contribution in [0, 0.1) is 18.8 Å². The van der Waals surface area contributed by atoms with Gasteiger partial charge in [-0.2, -0.15) is 0 Å². The first-order chi connectivity index (χ1) is 10.1. The van der Waals surface area contributed by atoms with E-state index in [0.29, 0.717) is 5.56 Å². The van der Waals surface area contributed by atoms with E-state index in [1.54, 1.807) is 24.1 Å². The summed E-state index contributed by atoms with van der Waals surface area (Å²) in [4.78, 5) is 14.1. The van der Waals surface area contributed by atoms with Crippen molar-refractivity contribution >= 4 is 11.6 Å². The number of carbonyl (C=O) groups excluding carboxylic acids is 1. The Morgan fingerprint density at radius 3 is 2.57 bits per heavy atom. The molecule has 0 heterocycles. The lowest BCUT2D eigenvalue weighted by Gasteiger charge is -2.17. The molecule has 0 unspecified atom stereocenters. The number of hydrogen-bond donors (Lipinski definition) is 1. The zero-order chi connectivity index (χ0) is 15.2. The maximum absolute atomic E-state index is 12.5. The van der Waals surface area contributed by atoms with Gasteiger partial charge in [0.1, 0.15) is 6.61 Å². The van der Waals surface area contributed by atoms with Gasteiger partial charge in [0.25, 0.3) is 5.91 Å². The number of benzene rings is 2. The molecule has 0 saturated carbocycles. The Bertz CT molecular complexity index is 696. The van der Waals surface area contributed by atoms with Gasteiger partial charge in [-0.3, -0.25) is 4.79 Å². The van der Waals surface area contributed by atoms with Crippen LogP contribution in [0.5, 0.6) is 0 Å². The van der Waals surface area contributed by atoms with E-state index in [9.17, 15) is 4.79 Å². The van der Waals surface area contributed by atoms with Gasteiger partial charge in [-0.1, -0.05) is 36.1 Å².